The SMILES string of the molecule is N[C@@H]1C[C@H]1c1ccc(C(F)(F)F)cc1. The molecule has 0 saturated heterocycles. The van der Waals surface area contributed by atoms with Gasteiger partial charge in [0.15, 0.2) is 0 Å². The molecule has 1 saturated carbocycles. The fourth-order valence-corrected chi connectivity index (χ4v) is 1.52. The largest absolute Gasteiger partial charge is 0.416 e. The van der Waals surface area contributed by atoms with Crippen LogP contribution in [-0.4, -0.2) is 6.04 Å². The van der Waals surface area contributed by atoms with E-state index in [4.69, 9.17) is 5.73 Å². The van der Waals surface area contributed by atoms with Crippen LogP contribution >= 0.6 is 0 Å². The molecule has 2 N–H and O–H groups in total. The zero-order valence-corrected chi connectivity index (χ0v) is 7.38. The molecule has 0 bridgehead atoms. The molecule has 1 nitrogen and oxygen atoms in total. The molecule has 0 heterocycles. The lowest BCUT2D eigenvalue weighted by Gasteiger charge is -2.06. The van der Waals surface area contributed by atoms with Crippen molar-refractivity contribution < 1.29 is 13.2 Å². The lowest BCUT2D eigenvalue weighted by atomic mass is 10.1. The van der Waals surface area contributed by atoms with Gasteiger partial charge in [-0.3, -0.25) is 0 Å². The van der Waals surface area contributed by atoms with E-state index >= 15 is 0 Å². The average molecular weight is 201 g/mol. The van der Waals surface area contributed by atoms with Crippen LogP contribution < -0.4 is 5.73 Å². The third-order valence-corrected chi connectivity index (χ3v) is 2.51. The van der Waals surface area contributed by atoms with Crippen LogP contribution in [0.2, 0.25) is 0 Å². The first-order chi connectivity index (χ1) is 6.48. The van der Waals surface area contributed by atoms with Gasteiger partial charge in [-0.15, -0.1) is 0 Å². The first-order valence-electron chi connectivity index (χ1n) is 4.41. The molecule has 0 spiro atoms. The molecule has 76 valence electrons. The van der Waals surface area contributed by atoms with Gasteiger partial charge in [-0.05, 0) is 24.1 Å². The molecule has 0 radical (unpaired) electrons. The van der Waals surface area contributed by atoms with Crippen LogP contribution in [0.3, 0.4) is 0 Å². The monoisotopic (exact) mass is 201 g/mol. The van der Waals surface area contributed by atoms with Crippen LogP contribution in [0.5, 0.6) is 0 Å². The highest BCUT2D eigenvalue weighted by Crippen LogP contribution is 2.39. The summed E-state index contributed by atoms with van der Waals surface area (Å²) in [7, 11) is 0. The van der Waals surface area contributed by atoms with Crippen LogP contribution in [0.4, 0.5) is 13.2 Å². The third kappa shape index (κ3) is 1.75. The minimum absolute atomic E-state index is 0.131. The Hall–Kier alpha value is -1.03. The van der Waals surface area contributed by atoms with Crippen molar-refractivity contribution in [1.29, 1.82) is 0 Å². The topological polar surface area (TPSA) is 26.0 Å². The summed E-state index contributed by atoms with van der Waals surface area (Å²) < 4.78 is 36.6. The van der Waals surface area contributed by atoms with Gasteiger partial charge in [0.25, 0.3) is 0 Å². The molecule has 0 aromatic heterocycles. The first kappa shape index (κ1) is 9.52. The van der Waals surface area contributed by atoms with Crippen molar-refractivity contribution in [3.8, 4) is 0 Å². The molecule has 1 aliphatic carbocycles. The summed E-state index contributed by atoms with van der Waals surface area (Å²) in [6, 6.07) is 5.38. The summed E-state index contributed by atoms with van der Waals surface area (Å²) in [5, 5.41) is 0. The molecule has 1 aromatic rings. The van der Waals surface area contributed by atoms with E-state index in [1.807, 2.05) is 0 Å². The highest BCUT2D eigenvalue weighted by molar-refractivity contribution is 5.31. The van der Waals surface area contributed by atoms with Crippen molar-refractivity contribution in [2.24, 2.45) is 5.73 Å². The summed E-state index contributed by atoms with van der Waals surface area (Å²) in [6.45, 7) is 0. The van der Waals surface area contributed by atoms with E-state index < -0.39 is 11.7 Å². The number of halogens is 3. The molecule has 0 unspecified atom stereocenters. The third-order valence-electron chi connectivity index (χ3n) is 2.51. The zero-order valence-electron chi connectivity index (χ0n) is 7.38. The number of benzene rings is 1. The maximum absolute atomic E-state index is 12.2. The Morgan fingerprint density at radius 2 is 1.64 bits per heavy atom. The van der Waals surface area contributed by atoms with Crippen LogP contribution in [0.1, 0.15) is 23.5 Å². The fraction of sp³-hybridized carbons (Fsp3) is 0.400. The molecular weight excluding hydrogens is 191 g/mol. The van der Waals surface area contributed by atoms with Gasteiger partial charge in [-0.1, -0.05) is 12.1 Å². The summed E-state index contributed by atoms with van der Waals surface area (Å²) >= 11 is 0. The van der Waals surface area contributed by atoms with E-state index in [0.29, 0.717) is 0 Å². The molecule has 1 fully saturated rings. The minimum Gasteiger partial charge on any atom is -0.327 e. The number of hydrogen-bond acceptors (Lipinski definition) is 1. The second-order valence-electron chi connectivity index (χ2n) is 3.63. The molecule has 1 aromatic carbocycles. The van der Waals surface area contributed by atoms with Crippen molar-refractivity contribution in [2.75, 3.05) is 0 Å². The maximum Gasteiger partial charge on any atom is 0.416 e. The quantitative estimate of drug-likeness (QED) is 0.742. The smallest absolute Gasteiger partial charge is 0.327 e. The molecule has 2 rings (SSSR count). The van der Waals surface area contributed by atoms with Gasteiger partial charge in [0.1, 0.15) is 0 Å². The molecular formula is C10H10F3N. The van der Waals surface area contributed by atoms with Gasteiger partial charge < -0.3 is 5.73 Å². The van der Waals surface area contributed by atoms with Gasteiger partial charge in [0.2, 0.25) is 0 Å². The fourth-order valence-electron chi connectivity index (χ4n) is 1.52. The van der Waals surface area contributed by atoms with E-state index in [-0.39, 0.29) is 12.0 Å². The Bertz CT molecular complexity index is 328. The summed E-state index contributed by atoms with van der Waals surface area (Å²) in [5.74, 6) is 0.261. The zero-order chi connectivity index (χ0) is 10.3. The predicted octanol–water partition coefficient (Wildman–Crippen LogP) is 2.52. The Morgan fingerprint density at radius 3 is 2.00 bits per heavy atom. The summed E-state index contributed by atoms with van der Waals surface area (Å²) in [5.41, 5.74) is 5.91. The van der Waals surface area contributed by atoms with Crippen LogP contribution in [0.25, 0.3) is 0 Å². The maximum atomic E-state index is 12.2. The van der Waals surface area contributed by atoms with Crippen LogP contribution in [-0.2, 0) is 6.18 Å². The van der Waals surface area contributed by atoms with E-state index in [1.165, 1.54) is 12.1 Å². The molecule has 14 heavy (non-hydrogen) atoms. The van der Waals surface area contributed by atoms with Crippen molar-refractivity contribution in [2.45, 2.75) is 24.6 Å². The second kappa shape index (κ2) is 2.98. The lowest BCUT2D eigenvalue weighted by molar-refractivity contribution is -0.137. The normalized spacial score (nSPS) is 26.3. The number of rotatable bonds is 1. The van der Waals surface area contributed by atoms with Crippen LogP contribution in [0.15, 0.2) is 24.3 Å². The average Bonchev–Trinajstić information content (AvgIpc) is 2.81. The standard InChI is InChI=1S/C10H10F3N/c11-10(12,13)7-3-1-6(2-4-7)8-5-9(8)14/h1-4,8-9H,5,14H2/t8-,9+/m0/s1. The number of nitrogens with two attached hydrogens (primary N) is 1. The minimum atomic E-state index is -4.25. The molecule has 2 atom stereocenters. The van der Waals surface area contributed by atoms with E-state index in [1.54, 1.807) is 0 Å². The van der Waals surface area contributed by atoms with Crippen LogP contribution in [0, 0.1) is 0 Å². The van der Waals surface area contributed by atoms with Gasteiger partial charge >= 0.3 is 6.18 Å². The predicted molar refractivity (Wildman–Crippen MR) is 46.8 cm³/mol. The van der Waals surface area contributed by atoms with Crippen molar-refractivity contribution in [1.82, 2.24) is 0 Å². The van der Waals surface area contributed by atoms with E-state index in [9.17, 15) is 13.2 Å². The van der Waals surface area contributed by atoms with E-state index in [0.717, 1.165) is 24.1 Å². The Kier molecular flexibility index (Phi) is 2.03. The summed E-state index contributed by atoms with van der Waals surface area (Å²) in [4.78, 5) is 0. The Labute approximate surface area is 79.7 Å². The lowest BCUT2D eigenvalue weighted by Crippen LogP contribution is -2.05. The number of hydrogen-bond donors (Lipinski definition) is 1. The van der Waals surface area contributed by atoms with Gasteiger partial charge in [0, 0.05) is 12.0 Å². The van der Waals surface area contributed by atoms with Crippen molar-refractivity contribution in [3.63, 3.8) is 0 Å². The molecule has 1 aliphatic rings. The highest BCUT2D eigenvalue weighted by Gasteiger charge is 2.36. The highest BCUT2D eigenvalue weighted by atomic mass is 19.4. The van der Waals surface area contributed by atoms with Gasteiger partial charge in [-0.25, -0.2) is 0 Å². The molecule has 0 amide bonds. The van der Waals surface area contributed by atoms with Crippen molar-refractivity contribution >= 4 is 0 Å². The molecule has 4 heteroatoms. The Morgan fingerprint density at radius 1 is 1.14 bits per heavy atom. The van der Waals surface area contributed by atoms with Gasteiger partial charge in [0.05, 0.1) is 5.56 Å². The van der Waals surface area contributed by atoms with Gasteiger partial charge in [-0.2, -0.15) is 13.2 Å². The van der Waals surface area contributed by atoms with E-state index in [2.05, 4.69) is 0 Å². The number of alkyl halides is 3. The summed E-state index contributed by atoms with van der Waals surface area (Å²) in [6.07, 6.45) is -3.37. The Balaban J connectivity index is 2.18. The second-order valence-corrected chi connectivity index (χ2v) is 3.63. The molecule has 0 aliphatic heterocycles. The first-order valence-corrected chi connectivity index (χ1v) is 4.41. The van der Waals surface area contributed by atoms with Crippen molar-refractivity contribution in [3.05, 3.63) is 35.4 Å².